The Morgan fingerprint density at radius 3 is 1.62 bits per heavy atom. The normalized spacial score (nSPS) is 28.4. The molecule has 0 aliphatic heterocycles. The van der Waals surface area contributed by atoms with Crippen LogP contribution < -0.4 is 0 Å². The van der Waals surface area contributed by atoms with E-state index in [4.69, 9.17) is 0 Å². The van der Waals surface area contributed by atoms with Crippen LogP contribution in [0.5, 0.6) is 0 Å². The first-order valence-corrected chi connectivity index (χ1v) is 5.19. The van der Waals surface area contributed by atoms with E-state index in [1.54, 1.807) is 12.2 Å². The molecular weight excluding hydrogens is 208 g/mol. The van der Waals surface area contributed by atoms with Crippen LogP contribution in [0.2, 0.25) is 0 Å². The van der Waals surface area contributed by atoms with Crippen molar-refractivity contribution in [3.05, 3.63) is 24.3 Å². The van der Waals surface area contributed by atoms with Gasteiger partial charge in [-0.3, -0.25) is 9.59 Å². The SMILES string of the molecule is COC(=O)[C@@H]1/C=C\CC/C=C\[C@H]1C(=O)OC. The highest BCUT2D eigenvalue weighted by molar-refractivity contribution is 5.84. The maximum atomic E-state index is 11.5. The molecular formula is C12H16O4. The number of hydrogen-bond acceptors (Lipinski definition) is 4. The van der Waals surface area contributed by atoms with Crippen molar-refractivity contribution >= 4 is 11.9 Å². The Morgan fingerprint density at radius 2 is 1.31 bits per heavy atom. The highest BCUT2D eigenvalue weighted by Gasteiger charge is 2.31. The first-order chi connectivity index (χ1) is 7.70. The van der Waals surface area contributed by atoms with E-state index in [0.717, 1.165) is 12.8 Å². The standard InChI is InChI=1S/C12H16O4/c1-15-11(13)9-7-5-3-4-6-8-10(9)12(14)16-2/h5-10H,3-4H2,1-2H3/b7-5-,8-6-/t9-,10-/m1/s1. The van der Waals surface area contributed by atoms with E-state index < -0.39 is 23.8 Å². The Hall–Kier alpha value is -1.58. The van der Waals surface area contributed by atoms with E-state index in [1.165, 1.54) is 14.2 Å². The molecule has 0 amide bonds. The van der Waals surface area contributed by atoms with E-state index in [-0.39, 0.29) is 0 Å². The Balaban J connectivity index is 2.94. The molecule has 0 saturated heterocycles. The molecule has 4 nitrogen and oxygen atoms in total. The third kappa shape index (κ3) is 2.95. The van der Waals surface area contributed by atoms with E-state index in [2.05, 4.69) is 9.47 Å². The molecule has 0 radical (unpaired) electrons. The molecule has 0 aromatic carbocycles. The van der Waals surface area contributed by atoms with E-state index in [1.807, 2.05) is 12.2 Å². The third-order valence-corrected chi connectivity index (χ3v) is 2.52. The number of allylic oxidation sites excluding steroid dienone is 2. The molecule has 1 rings (SSSR count). The lowest BCUT2D eigenvalue weighted by atomic mass is 9.89. The van der Waals surface area contributed by atoms with Crippen molar-refractivity contribution in [3.63, 3.8) is 0 Å². The molecule has 0 heterocycles. The zero-order chi connectivity index (χ0) is 12.0. The average molecular weight is 224 g/mol. The molecule has 0 bridgehead atoms. The molecule has 0 fully saturated rings. The molecule has 2 atom stereocenters. The molecule has 88 valence electrons. The minimum atomic E-state index is -0.589. The van der Waals surface area contributed by atoms with Crippen molar-refractivity contribution in [2.45, 2.75) is 12.8 Å². The smallest absolute Gasteiger partial charge is 0.313 e. The van der Waals surface area contributed by atoms with Crippen LogP contribution in [0.3, 0.4) is 0 Å². The number of methoxy groups -OCH3 is 2. The second-order valence-electron chi connectivity index (χ2n) is 3.53. The zero-order valence-electron chi connectivity index (χ0n) is 9.51. The molecule has 0 spiro atoms. The first-order valence-electron chi connectivity index (χ1n) is 5.19. The van der Waals surface area contributed by atoms with Crippen molar-refractivity contribution in [2.75, 3.05) is 14.2 Å². The average Bonchev–Trinajstić information content (AvgIpc) is 2.27. The monoisotopic (exact) mass is 224 g/mol. The minimum absolute atomic E-state index is 0.418. The maximum absolute atomic E-state index is 11.5. The Kier molecular flexibility index (Phi) is 4.76. The lowest BCUT2D eigenvalue weighted by Crippen LogP contribution is -2.29. The summed E-state index contributed by atoms with van der Waals surface area (Å²) in [5.41, 5.74) is 0. The van der Waals surface area contributed by atoms with Crippen molar-refractivity contribution < 1.29 is 19.1 Å². The summed E-state index contributed by atoms with van der Waals surface area (Å²) >= 11 is 0. The fourth-order valence-corrected chi connectivity index (χ4v) is 1.64. The van der Waals surface area contributed by atoms with Gasteiger partial charge in [0.1, 0.15) is 0 Å². The summed E-state index contributed by atoms with van der Waals surface area (Å²) in [5.74, 6) is -2.01. The maximum Gasteiger partial charge on any atom is 0.313 e. The predicted molar refractivity (Wildman–Crippen MR) is 58.5 cm³/mol. The molecule has 0 aromatic rings. The number of esters is 2. The van der Waals surface area contributed by atoms with Gasteiger partial charge in [-0.15, -0.1) is 0 Å². The number of hydrogen-bond donors (Lipinski definition) is 0. The van der Waals surface area contributed by atoms with Crippen LogP contribution in [0.4, 0.5) is 0 Å². The van der Waals surface area contributed by atoms with Gasteiger partial charge >= 0.3 is 11.9 Å². The fraction of sp³-hybridized carbons (Fsp3) is 0.500. The summed E-state index contributed by atoms with van der Waals surface area (Å²) in [6.45, 7) is 0. The van der Waals surface area contributed by atoms with Gasteiger partial charge in [0.15, 0.2) is 0 Å². The van der Waals surface area contributed by atoms with Crippen LogP contribution in [0.1, 0.15) is 12.8 Å². The van der Waals surface area contributed by atoms with Gasteiger partial charge < -0.3 is 9.47 Å². The van der Waals surface area contributed by atoms with E-state index >= 15 is 0 Å². The van der Waals surface area contributed by atoms with Gasteiger partial charge in [-0.2, -0.15) is 0 Å². The largest absolute Gasteiger partial charge is 0.469 e. The lowest BCUT2D eigenvalue weighted by molar-refractivity contribution is -0.153. The molecule has 1 aliphatic carbocycles. The van der Waals surface area contributed by atoms with Crippen LogP contribution in [-0.4, -0.2) is 26.2 Å². The Morgan fingerprint density at radius 1 is 0.938 bits per heavy atom. The molecule has 16 heavy (non-hydrogen) atoms. The second kappa shape index (κ2) is 6.10. The lowest BCUT2D eigenvalue weighted by Gasteiger charge is -2.18. The summed E-state index contributed by atoms with van der Waals surface area (Å²) < 4.78 is 9.36. The second-order valence-corrected chi connectivity index (χ2v) is 3.53. The number of carbonyl (C=O) groups excluding carboxylic acids is 2. The summed E-state index contributed by atoms with van der Waals surface area (Å²) in [4.78, 5) is 23.1. The first kappa shape index (κ1) is 12.5. The number of ether oxygens (including phenoxy) is 2. The van der Waals surface area contributed by atoms with Gasteiger partial charge in [-0.05, 0) is 12.8 Å². The predicted octanol–water partition coefficient (Wildman–Crippen LogP) is 1.47. The van der Waals surface area contributed by atoms with Gasteiger partial charge in [-0.25, -0.2) is 0 Å². The Bertz CT molecular complexity index is 285. The topological polar surface area (TPSA) is 52.6 Å². The molecule has 1 aliphatic rings. The fourth-order valence-electron chi connectivity index (χ4n) is 1.64. The summed E-state index contributed by atoms with van der Waals surface area (Å²) in [7, 11) is 2.62. The van der Waals surface area contributed by atoms with Crippen LogP contribution in [0.15, 0.2) is 24.3 Å². The molecule has 0 unspecified atom stereocenters. The zero-order valence-corrected chi connectivity index (χ0v) is 9.51. The molecule has 0 aromatic heterocycles. The highest BCUT2D eigenvalue weighted by atomic mass is 16.5. The van der Waals surface area contributed by atoms with Crippen LogP contribution in [0, 0.1) is 11.8 Å². The third-order valence-electron chi connectivity index (χ3n) is 2.52. The van der Waals surface area contributed by atoms with Gasteiger partial charge in [0.25, 0.3) is 0 Å². The van der Waals surface area contributed by atoms with Crippen molar-refractivity contribution in [3.8, 4) is 0 Å². The Labute approximate surface area is 94.9 Å². The van der Waals surface area contributed by atoms with Crippen molar-refractivity contribution in [1.82, 2.24) is 0 Å². The van der Waals surface area contributed by atoms with Gasteiger partial charge in [-0.1, -0.05) is 24.3 Å². The highest BCUT2D eigenvalue weighted by Crippen LogP contribution is 2.21. The van der Waals surface area contributed by atoms with E-state index in [9.17, 15) is 9.59 Å². The molecule has 0 N–H and O–H groups in total. The van der Waals surface area contributed by atoms with Crippen LogP contribution in [0.25, 0.3) is 0 Å². The summed E-state index contributed by atoms with van der Waals surface area (Å²) in [6.07, 6.45) is 8.94. The van der Waals surface area contributed by atoms with Crippen molar-refractivity contribution in [2.24, 2.45) is 11.8 Å². The van der Waals surface area contributed by atoms with Gasteiger partial charge in [0.2, 0.25) is 0 Å². The summed E-state index contributed by atoms with van der Waals surface area (Å²) in [6, 6.07) is 0. The summed E-state index contributed by atoms with van der Waals surface area (Å²) in [5, 5.41) is 0. The van der Waals surface area contributed by atoms with E-state index in [0.29, 0.717) is 0 Å². The molecule has 4 heteroatoms. The number of rotatable bonds is 2. The van der Waals surface area contributed by atoms with Gasteiger partial charge in [0.05, 0.1) is 26.1 Å². The van der Waals surface area contributed by atoms with Crippen molar-refractivity contribution in [1.29, 1.82) is 0 Å². The quantitative estimate of drug-likeness (QED) is 0.526. The van der Waals surface area contributed by atoms with Crippen LogP contribution in [-0.2, 0) is 19.1 Å². The minimum Gasteiger partial charge on any atom is -0.469 e. The molecule has 0 saturated carbocycles. The van der Waals surface area contributed by atoms with Crippen LogP contribution >= 0.6 is 0 Å². The number of carbonyl (C=O) groups is 2. The van der Waals surface area contributed by atoms with Gasteiger partial charge in [0, 0.05) is 0 Å².